The number of rotatable bonds is 5. The van der Waals surface area contributed by atoms with Gasteiger partial charge in [-0.1, -0.05) is 24.6 Å². The minimum absolute atomic E-state index is 0.0485. The molecule has 4 heteroatoms. The maximum absolute atomic E-state index is 11.8. The van der Waals surface area contributed by atoms with Crippen LogP contribution < -0.4 is 5.32 Å². The summed E-state index contributed by atoms with van der Waals surface area (Å²) in [7, 11) is 0. The molecule has 1 aliphatic carbocycles. The van der Waals surface area contributed by atoms with Crippen molar-refractivity contribution in [2.24, 2.45) is 5.92 Å². The van der Waals surface area contributed by atoms with Crippen LogP contribution in [0.4, 0.5) is 0 Å². The van der Waals surface area contributed by atoms with Crippen LogP contribution in [0, 0.1) is 12.8 Å². The van der Waals surface area contributed by atoms with E-state index in [2.05, 4.69) is 18.3 Å². The van der Waals surface area contributed by atoms with E-state index in [4.69, 9.17) is 0 Å². The number of carbonyl (C=O) groups excluding carboxylic acids is 1. The van der Waals surface area contributed by atoms with Gasteiger partial charge in [-0.05, 0) is 31.4 Å². The summed E-state index contributed by atoms with van der Waals surface area (Å²) < 4.78 is 0. The number of amides is 1. The molecular weight excluding hydrogens is 258 g/mol. The molecule has 2 N–H and O–H groups in total. The molecule has 0 bridgehead atoms. The van der Waals surface area contributed by atoms with Gasteiger partial charge in [-0.15, -0.1) is 11.8 Å². The Bertz CT molecular complexity index is 436. The van der Waals surface area contributed by atoms with E-state index in [1.54, 1.807) is 11.8 Å². The summed E-state index contributed by atoms with van der Waals surface area (Å²) in [6.07, 6.45) is 2.73. The van der Waals surface area contributed by atoms with Crippen molar-refractivity contribution in [3.05, 3.63) is 29.8 Å². The molecule has 1 saturated carbocycles. The number of carbonyl (C=O) groups is 1. The lowest BCUT2D eigenvalue weighted by Gasteiger charge is -2.15. The SMILES string of the molecule is Cc1ccccc1SCC(=O)NCC1CCCC1O. The average molecular weight is 279 g/mol. The van der Waals surface area contributed by atoms with Crippen molar-refractivity contribution in [1.29, 1.82) is 0 Å². The highest BCUT2D eigenvalue weighted by atomic mass is 32.2. The first-order valence-electron chi connectivity index (χ1n) is 6.80. The number of thioether (sulfide) groups is 1. The maximum atomic E-state index is 11.8. The molecule has 0 spiro atoms. The van der Waals surface area contributed by atoms with Gasteiger partial charge in [0.15, 0.2) is 0 Å². The fourth-order valence-electron chi connectivity index (χ4n) is 2.41. The van der Waals surface area contributed by atoms with Gasteiger partial charge in [0.1, 0.15) is 0 Å². The number of benzene rings is 1. The van der Waals surface area contributed by atoms with Gasteiger partial charge in [0.05, 0.1) is 11.9 Å². The molecule has 0 aromatic heterocycles. The molecule has 2 unspecified atom stereocenters. The second-order valence-electron chi connectivity index (χ2n) is 5.12. The van der Waals surface area contributed by atoms with Gasteiger partial charge in [0.2, 0.25) is 5.91 Å². The lowest BCUT2D eigenvalue weighted by Crippen LogP contribution is -2.33. The summed E-state index contributed by atoms with van der Waals surface area (Å²) in [5.41, 5.74) is 1.20. The van der Waals surface area contributed by atoms with Crippen LogP contribution in [-0.2, 0) is 4.79 Å². The number of aliphatic hydroxyl groups is 1. The Labute approximate surface area is 118 Å². The third-order valence-corrected chi connectivity index (χ3v) is 4.81. The molecule has 1 amide bonds. The molecule has 2 atom stereocenters. The van der Waals surface area contributed by atoms with Crippen LogP contribution in [0.5, 0.6) is 0 Å². The second-order valence-corrected chi connectivity index (χ2v) is 6.13. The average Bonchev–Trinajstić information content (AvgIpc) is 2.81. The smallest absolute Gasteiger partial charge is 0.230 e. The predicted octanol–water partition coefficient (Wildman–Crippen LogP) is 2.36. The highest BCUT2D eigenvalue weighted by Gasteiger charge is 2.25. The summed E-state index contributed by atoms with van der Waals surface area (Å²) in [6.45, 7) is 2.66. The van der Waals surface area contributed by atoms with E-state index in [1.165, 1.54) is 5.56 Å². The van der Waals surface area contributed by atoms with Crippen molar-refractivity contribution >= 4 is 17.7 Å². The zero-order chi connectivity index (χ0) is 13.7. The number of aryl methyl sites for hydroxylation is 1. The molecule has 1 fully saturated rings. The molecule has 0 saturated heterocycles. The Morgan fingerprint density at radius 3 is 2.89 bits per heavy atom. The van der Waals surface area contributed by atoms with Crippen LogP contribution in [0.15, 0.2) is 29.2 Å². The van der Waals surface area contributed by atoms with E-state index in [0.29, 0.717) is 12.3 Å². The van der Waals surface area contributed by atoms with Gasteiger partial charge in [-0.25, -0.2) is 0 Å². The zero-order valence-electron chi connectivity index (χ0n) is 11.3. The molecule has 0 aliphatic heterocycles. The molecule has 2 rings (SSSR count). The Balaban J connectivity index is 1.71. The maximum Gasteiger partial charge on any atom is 0.230 e. The molecule has 1 aromatic carbocycles. The molecule has 19 heavy (non-hydrogen) atoms. The first-order valence-corrected chi connectivity index (χ1v) is 7.78. The van der Waals surface area contributed by atoms with E-state index in [1.807, 2.05) is 18.2 Å². The first-order chi connectivity index (χ1) is 9.16. The lowest BCUT2D eigenvalue weighted by atomic mass is 10.1. The van der Waals surface area contributed by atoms with E-state index in [9.17, 15) is 9.90 Å². The summed E-state index contributed by atoms with van der Waals surface area (Å²) in [5.74, 6) is 0.730. The number of aliphatic hydroxyl groups excluding tert-OH is 1. The zero-order valence-corrected chi connectivity index (χ0v) is 12.1. The summed E-state index contributed by atoms with van der Waals surface area (Å²) >= 11 is 1.56. The van der Waals surface area contributed by atoms with Gasteiger partial charge in [0, 0.05) is 17.4 Å². The minimum Gasteiger partial charge on any atom is -0.393 e. The van der Waals surface area contributed by atoms with Gasteiger partial charge in [-0.2, -0.15) is 0 Å². The summed E-state index contributed by atoms with van der Waals surface area (Å²) in [4.78, 5) is 12.9. The second kappa shape index (κ2) is 6.96. The van der Waals surface area contributed by atoms with Crippen LogP contribution in [0.2, 0.25) is 0 Å². The first kappa shape index (κ1) is 14.4. The van der Waals surface area contributed by atoms with Crippen molar-refractivity contribution < 1.29 is 9.90 Å². The number of hydrogen-bond acceptors (Lipinski definition) is 3. The van der Waals surface area contributed by atoms with Crippen molar-refractivity contribution in [3.63, 3.8) is 0 Å². The molecule has 0 heterocycles. The van der Waals surface area contributed by atoms with Crippen molar-refractivity contribution in [2.75, 3.05) is 12.3 Å². The Morgan fingerprint density at radius 1 is 1.42 bits per heavy atom. The summed E-state index contributed by atoms with van der Waals surface area (Å²) in [5, 5.41) is 12.6. The van der Waals surface area contributed by atoms with Crippen molar-refractivity contribution in [3.8, 4) is 0 Å². The third kappa shape index (κ3) is 4.25. The molecule has 3 nitrogen and oxygen atoms in total. The standard InChI is InChI=1S/C15H21NO2S/c1-11-5-2-3-8-14(11)19-10-15(18)16-9-12-6-4-7-13(12)17/h2-3,5,8,12-13,17H,4,6-7,9-10H2,1H3,(H,16,18). The van der Waals surface area contributed by atoms with Crippen LogP contribution in [0.25, 0.3) is 0 Å². The monoisotopic (exact) mass is 279 g/mol. The molecule has 1 aliphatic rings. The topological polar surface area (TPSA) is 49.3 Å². The number of nitrogens with one attached hydrogen (secondary N) is 1. The molecule has 1 aromatic rings. The third-order valence-electron chi connectivity index (χ3n) is 3.63. The fourth-order valence-corrected chi connectivity index (χ4v) is 3.27. The Kier molecular flexibility index (Phi) is 5.28. The highest BCUT2D eigenvalue weighted by molar-refractivity contribution is 8.00. The molecule has 0 radical (unpaired) electrons. The Morgan fingerprint density at radius 2 is 2.21 bits per heavy atom. The van der Waals surface area contributed by atoms with E-state index >= 15 is 0 Å². The number of hydrogen-bond donors (Lipinski definition) is 2. The van der Waals surface area contributed by atoms with E-state index in [-0.39, 0.29) is 17.9 Å². The van der Waals surface area contributed by atoms with Crippen molar-refractivity contribution in [2.45, 2.75) is 37.2 Å². The highest BCUT2D eigenvalue weighted by Crippen LogP contribution is 2.25. The molecule has 104 valence electrons. The quantitative estimate of drug-likeness (QED) is 0.814. The summed E-state index contributed by atoms with van der Waals surface area (Å²) in [6, 6.07) is 8.08. The fraction of sp³-hybridized carbons (Fsp3) is 0.533. The van der Waals surface area contributed by atoms with E-state index in [0.717, 1.165) is 24.2 Å². The predicted molar refractivity (Wildman–Crippen MR) is 78.3 cm³/mol. The van der Waals surface area contributed by atoms with Crippen LogP contribution in [-0.4, -0.2) is 29.4 Å². The van der Waals surface area contributed by atoms with Crippen LogP contribution in [0.3, 0.4) is 0 Å². The van der Waals surface area contributed by atoms with Crippen LogP contribution >= 0.6 is 11.8 Å². The minimum atomic E-state index is -0.232. The van der Waals surface area contributed by atoms with Gasteiger partial charge in [0.25, 0.3) is 0 Å². The normalized spacial score (nSPS) is 22.4. The van der Waals surface area contributed by atoms with Gasteiger partial charge >= 0.3 is 0 Å². The van der Waals surface area contributed by atoms with E-state index < -0.39 is 0 Å². The van der Waals surface area contributed by atoms with Crippen LogP contribution in [0.1, 0.15) is 24.8 Å². The van der Waals surface area contributed by atoms with Gasteiger partial charge < -0.3 is 10.4 Å². The molecular formula is C15H21NO2S. The largest absolute Gasteiger partial charge is 0.393 e. The van der Waals surface area contributed by atoms with Gasteiger partial charge in [-0.3, -0.25) is 4.79 Å². The lowest BCUT2D eigenvalue weighted by molar-refractivity contribution is -0.118. The van der Waals surface area contributed by atoms with Crippen molar-refractivity contribution in [1.82, 2.24) is 5.32 Å². The Hall–Kier alpha value is -1.00.